The Morgan fingerprint density at radius 1 is 1.33 bits per heavy atom. The largest absolute Gasteiger partial charge is 0.361 e. The number of benzene rings is 1. The highest BCUT2D eigenvalue weighted by atomic mass is 35.5. The molecule has 3 heterocycles. The van der Waals surface area contributed by atoms with Gasteiger partial charge >= 0.3 is 0 Å². The number of aromatic amines is 1. The van der Waals surface area contributed by atoms with Crippen LogP contribution in [0.25, 0.3) is 10.9 Å². The number of likely N-dealkylation sites (N-methyl/N-ethyl adjacent to an activating group) is 1. The van der Waals surface area contributed by atoms with E-state index in [9.17, 15) is 4.79 Å². The number of hydrogen-bond donors (Lipinski definition) is 2. The number of piperidine rings is 1. The van der Waals surface area contributed by atoms with Gasteiger partial charge in [0.15, 0.2) is 11.0 Å². The molecule has 1 unspecified atom stereocenters. The molecule has 0 bridgehead atoms. The second kappa shape index (κ2) is 7.85. The third-order valence-electron chi connectivity index (χ3n) is 6.42. The molecule has 154 valence electrons. The zero-order valence-corrected chi connectivity index (χ0v) is 17.6. The van der Waals surface area contributed by atoms with Gasteiger partial charge in [-0.1, -0.05) is 36.7 Å². The molecule has 1 aliphatic carbocycles. The molecule has 3 atom stereocenters. The van der Waals surface area contributed by atoms with Crippen LogP contribution in [0.15, 0.2) is 48.7 Å². The van der Waals surface area contributed by atoms with E-state index in [0.29, 0.717) is 28.8 Å². The molecule has 0 spiro atoms. The van der Waals surface area contributed by atoms with Gasteiger partial charge in [0.05, 0.1) is 0 Å². The molecule has 7 heteroatoms. The molecule has 1 aliphatic heterocycles. The molecular weight excluding hydrogens is 398 g/mol. The number of rotatable bonds is 4. The van der Waals surface area contributed by atoms with Crippen molar-refractivity contribution in [3.05, 3.63) is 65.0 Å². The monoisotopic (exact) mass is 421 g/mol. The quantitative estimate of drug-likeness (QED) is 0.620. The van der Waals surface area contributed by atoms with Gasteiger partial charge in [0.2, 0.25) is 5.91 Å². The first-order valence-electron chi connectivity index (χ1n) is 10.4. The van der Waals surface area contributed by atoms with Gasteiger partial charge in [0.1, 0.15) is 0 Å². The Balaban J connectivity index is 1.35. The Morgan fingerprint density at radius 3 is 3.03 bits per heavy atom. The number of nitrogens with zero attached hydrogens (tertiary/aromatic N) is 3. The number of fused-ring (bicyclic) bond motifs is 2. The number of H-pyrrole nitrogens is 1. The Hall–Kier alpha value is -2.70. The van der Waals surface area contributed by atoms with E-state index in [1.165, 1.54) is 22.0 Å². The van der Waals surface area contributed by atoms with Crippen LogP contribution in [-0.2, 0) is 11.2 Å². The van der Waals surface area contributed by atoms with Gasteiger partial charge in [0.25, 0.3) is 0 Å². The highest BCUT2D eigenvalue weighted by molar-refractivity contribution is 6.29. The van der Waals surface area contributed by atoms with Gasteiger partial charge in [-0.05, 0) is 60.7 Å². The fourth-order valence-electron chi connectivity index (χ4n) is 5.11. The van der Waals surface area contributed by atoms with Crippen molar-refractivity contribution in [3.63, 3.8) is 0 Å². The smallest absolute Gasteiger partial charge is 0.249 e. The van der Waals surface area contributed by atoms with Gasteiger partial charge in [-0.25, -0.2) is 0 Å². The molecule has 3 aromatic rings. The number of aromatic nitrogens is 3. The van der Waals surface area contributed by atoms with Gasteiger partial charge in [-0.15, -0.1) is 10.2 Å². The summed E-state index contributed by atoms with van der Waals surface area (Å²) in [5.41, 5.74) is 4.10. The number of anilines is 1. The standard InChI is InChI=1S/C23H24ClN5O/c1-2-29-13-14(6-9-22(30)26-21-8-7-20(24)27-28-21)10-17-16-4-3-5-18-23(16)15(12-25-18)11-19(17)29/h3-9,12,14,17,19,25H,2,10-11,13H2,1H3,(H,26,28,30)/b9-6+/t14-,17?,19-/m1/s1. The first-order chi connectivity index (χ1) is 14.6. The van der Waals surface area contributed by atoms with Crippen molar-refractivity contribution in [2.24, 2.45) is 5.92 Å². The summed E-state index contributed by atoms with van der Waals surface area (Å²) in [4.78, 5) is 18.3. The van der Waals surface area contributed by atoms with E-state index in [0.717, 1.165) is 25.9 Å². The van der Waals surface area contributed by atoms with Gasteiger partial charge in [-0.3, -0.25) is 9.69 Å². The minimum atomic E-state index is -0.199. The molecule has 5 rings (SSSR count). The fraction of sp³-hybridized carbons (Fsp3) is 0.348. The normalized spacial score (nSPS) is 23.6. The van der Waals surface area contributed by atoms with E-state index in [1.807, 2.05) is 6.08 Å². The average molecular weight is 422 g/mol. The molecule has 1 aromatic carbocycles. The molecular formula is C23H24ClN5O. The Kier molecular flexibility index (Phi) is 5.05. The predicted molar refractivity (Wildman–Crippen MR) is 119 cm³/mol. The number of amides is 1. The molecule has 1 fully saturated rings. The lowest BCUT2D eigenvalue weighted by Gasteiger charge is -2.46. The van der Waals surface area contributed by atoms with Crippen LogP contribution >= 0.6 is 11.6 Å². The number of hydrogen-bond acceptors (Lipinski definition) is 4. The summed E-state index contributed by atoms with van der Waals surface area (Å²) < 4.78 is 0. The maximum absolute atomic E-state index is 12.3. The summed E-state index contributed by atoms with van der Waals surface area (Å²) in [6.07, 6.45) is 7.98. The van der Waals surface area contributed by atoms with Gasteiger partial charge in [0, 0.05) is 35.6 Å². The number of halogens is 1. The first-order valence-corrected chi connectivity index (χ1v) is 10.8. The lowest BCUT2D eigenvalue weighted by Crippen LogP contribution is -2.49. The second-order valence-electron chi connectivity index (χ2n) is 8.13. The molecule has 2 aromatic heterocycles. The number of likely N-dealkylation sites (tertiary alicyclic amines) is 1. The fourth-order valence-corrected chi connectivity index (χ4v) is 5.21. The van der Waals surface area contributed by atoms with E-state index in [2.05, 4.69) is 56.7 Å². The van der Waals surface area contributed by atoms with Crippen LogP contribution in [0.5, 0.6) is 0 Å². The van der Waals surface area contributed by atoms with Crippen molar-refractivity contribution < 1.29 is 4.79 Å². The lowest BCUT2D eigenvalue weighted by atomic mass is 9.72. The summed E-state index contributed by atoms with van der Waals surface area (Å²) in [6, 6.07) is 10.4. The van der Waals surface area contributed by atoms with Crippen LogP contribution in [0.3, 0.4) is 0 Å². The van der Waals surface area contributed by atoms with Crippen LogP contribution < -0.4 is 5.32 Å². The lowest BCUT2D eigenvalue weighted by molar-refractivity contribution is -0.112. The minimum absolute atomic E-state index is 0.199. The molecule has 1 saturated heterocycles. The molecule has 1 amide bonds. The van der Waals surface area contributed by atoms with E-state index < -0.39 is 0 Å². The van der Waals surface area contributed by atoms with Crippen molar-refractivity contribution in [2.45, 2.75) is 31.7 Å². The number of carbonyl (C=O) groups is 1. The Bertz CT molecular complexity index is 1110. The third-order valence-corrected chi connectivity index (χ3v) is 6.62. The summed E-state index contributed by atoms with van der Waals surface area (Å²) in [5.74, 6) is 0.997. The summed E-state index contributed by atoms with van der Waals surface area (Å²) in [5, 5.41) is 12.1. The molecule has 0 radical (unpaired) electrons. The number of carbonyl (C=O) groups excluding carboxylic acids is 1. The minimum Gasteiger partial charge on any atom is -0.361 e. The first kappa shape index (κ1) is 19.3. The van der Waals surface area contributed by atoms with Crippen LogP contribution in [0, 0.1) is 5.92 Å². The highest BCUT2D eigenvalue weighted by Gasteiger charge is 2.39. The van der Waals surface area contributed by atoms with Crippen LogP contribution in [-0.4, -0.2) is 45.1 Å². The van der Waals surface area contributed by atoms with Crippen molar-refractivity contribution in [1.29, 1.82) is 0 Å². The average Bonchev–Trinajstić information content (AvgIpc) is 3.18. The van der Waals surface area contributed by atoms with E-state index >= 15 is 0 Å². The Labute approximate surface area is 180 Å². The molecule has 0 saturated carbocycles. The summed E-state index contributed by atoms with van der Waals surface area (Å²) in [6.45, 7) is 4.20. The second-order valence-corrected chi connectivity index (χ2v) is 8.52. The van der Waals surface area contributed by atoms with Crippen LogP contribution in [0.1, 0.15) is 30.4 Å². The summed E-state index contributed by atoms with van der Waals surface area (Å²) in [7, 11) is 0. The zero-order chi connectivity index (χ0) is 20.7. The van der Waals surface area contributed by atoms with Crippen LogP contribution in [0.4, 0.5) is 5.82 Å². The van der Waals surface area contributed by atoms with E-state index in [-0.39, 0.29) is 5.91 Å². The predicted octanol–water partition coefficient (Wildman–Crippen LogP) is 4.16. The maximum atomic E-state index is 12.3. The zero-order valence-electron chi connectivity index (χ0n) is 16.8. The van der Waals surface area contributed by atoms with Crippen LogP contribution in [0.2, 0.25) is 5.15 Å². The molecule has 2 N–H and O–H groups in total. The van der Waals surface area contributed by atoms with Crippen molar-refractivity contribution in [3.8, 4) is 0 Å². The number of nitrogens with one attached hydrogen (secondary N) is 2. The van der Waals surface area contributed by atoms with Crippen molar-refractivity contribution >= 4 is 34.2 Å². The Morgan fingerprint density at radius 2 is 2.23 bits per heavy atom. The maximum Gasteiger partial charge on any atom is 0.249 e. The van der Waals surface area contributed by atoms with E-state index in [1.54, 1.807) is 18.2 Å². The van der Waals surface area contributed by atoms with E-state index in [4.69, 9.17) is 11.6 Å². The highest BCUT2D eigenvalue weighted by Crippen LogP contribution is 2.44. The van der Waals surface area contributed by atoms with Crippen molar-refractivity contribution in [1.82, 2.24) is 20.1 Å². The third kappa shape index (κ3) is 3.50. The topological polar surface area (TPSA) is 73.9 Å². The SMILES string of the molecule is CCN1C[C@H](/C=C/C(=O)Nc2ccc(Cl)nn2)CC2c3cccc4[nH]cc(c34)C[C@H]21. The molecule has 30 heavy (non-hydrogen) atoms. The summed E-state index contributed by atoms with van der Waals surface area (Å²) >= 11 is 5.74. The molecule has 6 nitrogen and oxygen atoms in total. The molecule has 2 aliphatic rings. The van der Waals surface area contributed by atoms with Gasteiger partial charge < -0.3 is 10.3 Å². The van der Waals surface area contributed by atoms with Gasteiger partial charge in [-0.2, -0.15) is 0 Å². The van der Waals surface area contributed by atoms with Crippen molar-refractivity contribution in [2.75, 3.05) is 18.4 Å².